The zero-order chi connectivity index (χ0) is 5.15. The molecule has 0 saturated heterocycles. The molecule has 0 saturated carbocycles. The third-order valence-electron chi connectivity index (χ3n) is 0.494. The first kappa shape index (κ1) is 9.90. The summed E-state index contributed by atoms with van der Waals surface area (Å²) < 4.78 is 0. The van der Waals surface area contributed by atoms with E-state index in [-0.39, 0.29) is 18.3 Å². The van der Waals surface area contributed by atoms with Crippen molar-refractivity contribution < 1.29 is 9.90 Å². The van der Waals surface area contributed by atoms with Crippen LogP contribution in [-0.4, -0.2) is 11.1 Å². The first-order valence-corrected chi connectivity index (χ1v) is 1.87. The van der Waals surface area contributed by atoms with Crippen molar-refractivity contribution in [3.63, 3.8) is 0 Å². The molecule has 0 spiro atoms. The van der Waals surface area contributed by atoms with E-state index in [1.165, 1.54) is 0 Å². The van der Waals surface area contributed by atoms with E-state index in [0.29, 0.717) is 0 Å². The second kappa shape index (κ2) is 3.93. The largest absolute Gasteiger partial charge is 0.481 e. The Balaban J connectivity index is 0. The minimum Gasteiger partial charge on any atom is -0.481 e. The Kier molecular flexibility index (Phi) is 5.56. The van der Waals surface area contributed by atoms with E-state index >= 15 is 0 Å². The molecule has 0 aliphatic carbocycles. The van der Waals surface area contributed by atoms with Gasteiger partial charge in [-0.2, -0.15) is 0 Å². The van der Waals surface area contributed by atoms with Gasteiger partial charge in [-0.15, -0.1) is 12.4 Å². The molecule has 7 heavy (non-hydrogen) atoms. The molecule has 0 rings (SSSR count). The molecule has 0 bridgehead atoms. The molecule has 0 heterocycles. The van der Waals surface area contributed by atoms with Crippen molar-refractivity contribution in [3.8, 4) is 0 Å². The Labute approximate surface area is 48.9 Å². The van der Waals surface area contributed by atoms with E-state index < -0.39 is 5.97 Å². The topological polar surface area (TPSA) is 37.3 Å². The number of rotatable bonds is 1. The van der Waals surface area contributed by atoms with E-state index in [0.717, 1.165) is 0 Å². The predicted molar refractivity (Wildman–Crippen MR) is 29.7 cm³/mol. The molecule has 1 N–H and O–H groups in total. The summed E-state index contributed by atoms with van der Waals surface area (Å²) in [5.74, 6) is -0.972. The van der Waals surface area contributed by atoms with Crippen LogP contribution < -0.4 is 0 Å². The Hall–Kier alpha value is -0.240. The normalized spacial score (nSPS) is 7.86. The standard InChI is InChI=1S/C4H8O2.ClH/c1-3(2)4(5)6;/h3H,1-2H3,(H,5,6);1H. The fraction of sp³-hybridized carbons (Fsp3) is 0.750. The Morgan fingerprint density at radius 3 is 1.71 bits per heavy atom. The monoisotopic (exact) mass is 124 g/mol. The summed E-state index contributed by atoms with van der Waals surface area (Å²) in [5.41, 5.74) is 0. The summed E-state index contributed by atoms with van der Waals surface area (Å²) in [7, 11) is 0. The van der Waals surface area contributed by atoms with Gasteiger partial charge in [-0.3, -0.25) is 4.79 Å². The number of carbonyl (C=O) groups is 1. The molecule has 0 aromatic heterocycles. The van der Waals surface area contributed by atoms with Gasteiger partial charge in [-0.1, -0.05) is 13.8 Å². The molecule has 0 unspecified atom stereocenters. The van der Waals surface area contributed by atoms with Crippen molar-refractivity contribution in [2.45, 2.75) is 13.8 Å². The number of hydrogen-bond donors (Lipinski definition) is 1. The van der Waals surface area contributed by atoms with Gasteiger partial charge in [-0.05, 0) is 0 Å². The lowest BCUT2D eigenvalue weighted by Crippen LogP contribution is -2.03. The fourth-order valence-corrected chi connectivity index (χ4v) is 0. The van der Waals surface area contributed by atoms with Crippen LogP contribution in [0.5, 0.6) is 0 Å². The van der Waals surface area contributed by atoms with Crippen molar-refractivity contribution in [3.05, 3.63) is 0 Å². The summed E-state index contributed by atoms with van der Waals surface area (Å²) in [4.78, 5) is 9.70. The molecule has 0 atom stereocenters. The highest BCUT2D eigenvalue weighted by atomic mass is 35.5. The fourth-order valence-electron chi connectivity index (χ4n) is 0. The van der Waals surface area contributed by atoms with Crippen LogP contribution in [0, 0.1) is 5.92 Å². The van der Waals surface area contributed by atoms with Crippen LogP contribution in [0.15, 0.2) is 0 Å². The summed E-state index contributed by atoms with van der Waals surface area (Å²) in [6.45, 7) is 3.28. The number of carboxylic acids is 1. The van der Waals surface area contributed by atoms with Crippen LogP contribution >= 0.6 is 12.4 Å². The molecular formula is C4H9ClO2. The van der Waals surface area contributed by atoms with Crippen molar-refractivity contribution in [1.29, 1.82) is 0 Å². The summed E-state index contributed by atoms with van der Waals surface area (Å²) in [6, 6.07) is 0. The highest BCUT2D eigenvalue weighted by molar-refractivity contribution is 5.85. The van der Waals surface area contributed by atoms with Gasteiger partial charge in [0.15, 0.2) is 0 Å². The van der Waals surface area contributed by atoms with E-state index in [4.69, 9.17) is 5.11 Å². The van der Waals surface area contributed by atoms with Crippen molar-refractivity contribution in [2.24, 2.45) is 5.92 Å². The maximum absolute atomic E-state index is 9.70. The van der Waals surface area contributed by atoms with Crippen LogP contribution in [0.2, 0.25) is 0 Å². The molecule has 0 aromatic rings. The number of hydrogen-bond acceptors (Lipinski definition) is 1. The Morgan fingerprint density at radius 2 is 1.71 bits per heavy atom. The van der Waals surface area contributed by atoms with Crippen LogP contribution in [0.4, 0.5) is 0 Å². The molecule has 0 amide bonds. The average Bonchev–Trinajstić information content (AvgIpc) is 1.36. The Morgan fingerprint density at radius 1 is 1.57 bits per heavy atom. The first-order valence-electron chi connectivity index (χ1n) is 1.87. The number of aliphatic carboxylic acids is 1. The average molecular weight is 125 g/mol. The highest BCUT2D eigenvalue weighted by Gasteiger charge is 1.99. The second-order valence-electron chi connectivity index (χ2n) is 1.49. The van der Waals surface area contributed by atoms with E-state index in [2.05, 4.69) is 0 Å². The zero-order valence-electron chi connectivity index (χ0n) is 4.34. The molecule has 0 fully saturated rings. The van der Waals surface area contributed by atoms with Crippen molar-refractivity contribution >= 4 is 18.4 Å². The lowest BCUT2D eigenvalue weighted by molar-refractivity contribution is -0.140. The predicted octanol–water partition coefficient (Wildman–Crippen LogP) is 1.15. The minimum absolute atomic E-state index is 0. The van der Waals surface area contributed by atoms with Gasteiger partial charge in [0.1, 0.15) is 0 Å². The molecule has 2 nitrogen and oxygen atoms in total. The SMILES string of the molecule is CC(C)C(=O)O.Cl. The van der Waals surface area contributed by atoms with Gasteiger partial charge in [0.05, 0.1) is 5.92 Å². The molecule has 0 radical (unpaired) electrons. The molecular weight excluding hydrogens is 115 g/mol. The zero-order valence-corrected chi connectivity index (χ0v) is 5.16. The first-order chi connectivity index (χ1) is 2.64. The molecule has 0 aliphatic rings. The van der Waals surface area contributed by atoms with Crippen LogP contribution in [0.3, 0.4) is 0 Å². The lowest BCUT2D eigenvalue weighted by atomic mass is 10.2. The van der Waals surface area contributed by atoms with Crippen molar-refractivity contribution in [2.75, 3.05) is 0 Å². The molecule has 0 aromatic carbocycles. The van der Waals surface area contributed by atoms with Gasteiger partial charge >= 0.3 is 5.97 Å². The maximum atomic E-state index is 9.70. The van der Waals surface area contributed by atoms with Gasteiger partial charge in [-0.25, -0.2) is 0 Å². The summed E-state index contributed by atoms with van der Waals surface area (Å²) in [6.07, 6.45) is 0. The third kappa shape index (κ3) is 5.76. The van der Waals surface area contributed by atoms with E-state index in [1.54, 1.807) is 13.8 Å². The second-order valence-corrected chi connectivity index (χ2v) is 1.49. The number of halogens is 1. The smallest absolute Gasteiger partial charge is 0.305 e. The van der Waals surface area contributed by atoms with E-state index in [9.17, 15) is 4.79 Å². The van der Waals surface area contributed by atoms with Gasteiger partial charge < -0.3 is 5.11 Å². The molecule has 0 aliphatic heterocycles. The summed E-state index contributed by atoms with van der Waals surface area (Å²) >= 11 is 0. The van der Waals surface area contributed by atoms with Gasteiger partial charge in [0, 0.05) is 0 Å². The number of carboxylic acid groups (broad SMARTS) is 1. The third-order valence-corrected chi connectivity index (χ3v) is 0.494. The minimum atomic E-state index is -0.741. The quantitative estimate of drug-likeness (QED) is 0.570. The van der Waals surface area contributed by atoms with Crippen LogP contribution in [-0.2, 0) is 4.79 Å². The Bertz CT molecular complexity index is 60.7. The van der Waals surface area contributed by atoms with Gasteiger partial charge in [0.2, 0.25) is 0 Å². The molecule has 3 heteroatoms. The van der Waals surface area contributed by atoms with Gasteiger partial charge in [0.25, 0.3) is 0 Å². The van der Waals surface area contributed by atoms with Crippen LogP contribution in [0.1, 0.15) is 13.8 Å². The van der Waals surface area contributed by atoms with E-state index in [1.807, 2.05) is 0 Å². The maximum Gasteiger partial charge on any atom is 0.305 e. The molecule has 44 valence electrons. The lowest BCUT2D eigenvalue weighted by Gasteiger charge is -1.89. The summed E-state index contributed by atoms with van der Waals surface area (Å²) in [5, 5.41) is 7.99. The van der Waals surface area contributed by atoms with Crippen LogP contribution in [0.25, 0.3) is 0 Å². The highest BCUT2D eigenvalue weighted by Crippen LogP contribution is 1.87. The van der Waals surface area contributed by atoms with Crippen molar-refractivity contribution in [1.82, 2.24) is 0 Å².